The summed E-state index contributed by atoms with van der Waals surface area (Å²) in [6, 6.07) is 4.92. The van der Waals surface area contributed by atoms with E-state index in [4.69, 9.17) is 11.6 Å². The highest BCUT2D eigenvalue weighted by Crippen LogP contribution is 2.28. The zero-order chi connectivity index (χ0) is 11.0. The number of hydrogen-bond acceptors (Lipinski definition) is 1. The zero-order valence-corrected chi connectivity index (χ0v) is 10.4. The van der Waals surface area contributed by atoms with Crippen LogP contribution in [0.25, 0.3) is 10.9 Å². The third-order valence-electron chi connectivity index (χ3n) is 2.29. The monoisotopic (exact) mass is 287 g/mol. The molecule has 0 saturated carbocycles. The molecule has 15 heavy (non-hydrogen) atoms. The van der Waals surface area contributed by atoms with Gasteiger partial charge in [0.1, 0.15) is 16.5 Å². The minimum absolute atomic E-state index is 0.312. The van der Waals surface area contributed by atoms with E-state index < -0.39 is 0 Å². The average molecular weight is 289 g/mol. The van der Waals surface area contributed by atoms with Crippen LogP contribution in [0.3, 0.4) is 0 Å². The molecule has 1 heterocycles. The summed E-state index contributed by atoms with van der Waals surface area (Å²) >= 11 is 9.30. The predicted molar refractivity (Wildman–Crippen MR) is 63.8 cm³/mol. The van der Waals surface area contributed by atoms with Gasteiger partial charge in [-0.1, -0.05) is 34.5 Å². The summed E-state index contributed by atoms with van der Waals surface area (Å²) in [5.41, 5.74) is 1.24. The molecule has 78 valence electrons. The first kappa shape index (κ1) is 10.8. The normalized spacial score (nSPS) is 10.9. The lowest BCUT2D eigenvalue weighted by Gasteiger charge is -2.05. The van der Waals surface area contributed by atoms with Crippen molar-refractivity contribution in [3.05, 3.63) is 39.2 Å². The Morgan fingerprint density at radius 2 is 2.20 bits per heavy atom. The van der Waals surface area contributed by atoms with Crippen LogP contribution >= 0.6 is 27.5 Å². The van der Waals surface area contributed by atoms with Crippen LogP contribution in [0.2, 0.25) is 5.15 Å². The van der Waals surface area contributed by atoms with Gasteiger partial charge >= 0.3 is 0 Å². The van der Waals surface area contributed by atoms with Crippen molar-refractivity contribution in [3.63, 3.8) is 0 Å². The quantitative estimate of drug-likeness (QED) is 0.711. The molecule has 2 rings (SSSR count). The number of aryl methyl sites for hydroxylation is 1. The molecule has 1 aromatic carbocycles. The van der Waals surface area contributed by atoms with Crippen molar-refractivity contribution >= 4 is 38.4 Å². The van der Waals surface area contributed by atoms with Crippen LogP contribution < -0.4 is 0 Å². The molecule has 0 aliphatic rings. The van der Waals surface area contributed by atoms with Crippen molar-refractivity contribution in [1.82, 2.24) is 4.98 Å². The second-order valence-electron chi connectivity index (χ2n) is 3.22. The molecule has 2 aromatic rings. The summed E-state index contributed by atoms with van der Waals surface area (Å²) in [7, 11) is 0. The molecule has 0 atom stereocenters. The number of pyridine rings is 1. The molecule has 0 amide bonds. The van der Waals surface area contributed by atoms with E-state index in [0.717, 1.165) is 21.8 Å². The van der Waals surface area contributed by atoms with Crippen LogP contribution in [-0.4, -0.2) is 4.98 Å². The molecular weight excluding hydrogens is 280 g/mol. The third-order valence-corrected chi connectivity index (χ3v) is 3.31. The fourth-order valence-electron chi connectivity index (χ4n) is 1.46. The molecule has 1 aromatic heterocycles. The highest BCUT2D eigenvalue weighted by atomic mass is 79.9. The standard InChI is InChI=1S/C11H8BrClFN/c1-2-6-5-7-8(12)3-4-9(14)10(7)15-11(6)13/h3-5H,2H2,1H3. The second-order valence-corrected chi connectivity index (χ2v) is 4.43. The molecule has 0 spiro atoms. The number of fused-ring (bicyclic) bond motifs is 1. The van der Waals surface area contributed by atoms with E-state index in [9.17, 15) is 4.39 Å². The molecular formula is C11H8BrClFN. The lowest BCUT2D eigenvalue weighted by atomic mass is 10.1. The summed E-state index contributed by atoms with van der Waals surface area (Å²) < 4.78 is 14.3. The Morgan fingerprint density at radius 1 is 1.47 bits per heavy atom. The van der Waals surface area contributed by atoms with E-state index in [0.29, 0.717) is 10.7 Å². The number of benzene rings is 1. The van der Waals surface area contributed by atoms with Crippen molar-refractivity contribution < 1.29 is 4.39 Å². The Balaban J connectivity index is 2.86. The minimum atomic E-state index is -0.349. The fourth-order valence-corrected chi connectivity index (χ4v) is 2.17. The lowest BCUT2D eigenvalue weighted by Crippen LogP contribution is -1.91. The second kappa shape index (κ2) is 4.06. The van der Waals surface area contributed by atoms with E-state index in [2.05, 4.69) is 20.9 Å². The topological polar surface area (TPSA) is 12.9 Å². The first-order valence-electron chi connectivity index (χ1n) is 4.56. The minimum Gasteiger partial charge on any atom is -0.233 e. The first-order chi connectivity index (χ1) is 7.13. The SMILES string of the molecule is CCc1cc2c(Br)ccc(F)c2nc1Cl. The van der Waals surface area contributed by atoms with E-state index in [-0.39, 0.29) is 5.82 Å². The smallest absolute Gasteiger partial charge is 0.149 e. The van der Waals surface area contributed by atoms with Gasteiger partial charge in [0.2, 0.25) is 0 Å². The van der Waals surface area contributed by atoms with Crippen molar-refractivity contribution in [2.24, 2.45) is 0 Å². The van der Waals surface area contributed by atoms with Crippen LogP contribution in [0.5, 0.6) is 0 Å². The van der Waals surface area contributed by atoms with E-state index >= 15 is 0 Å². The number of aromatic nitrogens is 1. The van der Waals surface area contributed by atoms with Gasteiger partial charge in [-0.3, -0.25) is 0 Å². The molecule has 0 saturated heterocycles. The van der Waals surface area contributed by atoms with Gasteiger partial charge in [-0.2, -0.15) is 0 Å². The Kier molecular flexibility index (Phi) is 2.94. The summed E-state index contributed by atoms with van der Waals surface area (Å²) in [5.74, 6) is -0.349. The third kappa shape index (κ3) is 1.86. The molecule has 0 aliphatic carbocycles. The Hall–Kier alpha value is -0.670. The fraction of sp³-hybridized carbons (Fsp3) is 0.182. The molecule has 0 aliphatic heterocycles. The van der Waals surface area contributed by atoms with Gasteiger partial charge in [0.05, 0.1) is 0 Å². The Labute approximate surface area is 100 Å². The molecule has 1 nitrogen and oxygen atoms in total. The number of nitrogens with zero attached hydrogens (tertiary/aromatic N) is 1. The maximum Gasteiger partial charge on any atom is 0.149 e. The van der Waals surface area contributed by atoms with Gasteiger partial charge in [0.25, 0.3) is 0 Å². The molecule has 0 radical (unpaired) electrons. The van der Waals surface area contributed by atoms with Gasteiger partial charge in [-0.25, -0.2) is 9.37 Å². The van der Waals surface area contributed by atoms with Crippen molar-refractivity contribution in [3.8, 4) is 0 Å². The molecule has 0 unspecified atom stereocenters. The largest absolute Gasteiger partial charge is 0.233 e. The molecule has 0 bridgehead atoms. The van der Waals surface area contributed by atoms with E-state index in [1.807, 2.05) is 13.0 Å². The summed E-state index contributed by atoms with van der Waals surface area (Å²) in [6.07, 6.45) is 0.782. The zero-order valence-electron chi connectivity index (χ0n) is 8.02. The number of halogens is 3. The molecule has 4 heteroatoms. The highest BCUT2D eigenvalue weighted by molar-refractivity contribution is 9.10. The van der Waals surface area contributed by atoms with Crippen molar-refractivity contribution in [1.29, 1.82) is 0 Å². The Morgan fingerprint density at radius 3 is 2.87 bits per heavy atom. The maximum absolute atomic E-state index is 13.4. The summed E-state index contributed by atoms with van der Waals surface area (Å²) in [5, 5.41) is 1.14. The van der Waals surface area contributed by atoms with E-state index in [1.54, 1.807) is 6.07 Å². The average Bonchev–Trinajstić information content (AvgIpc) is 2.23. The van der Waals surface area contributed by atoms with Crippen molar-refractivity contribution in [2.75, 3.05) is 0 Å². The van der Waals surface area contributed by atoms with Gasteiger partial charge in [-0.15, -0.1) is 0 Å². The maximum atomic E-state index is 13.4. The molecule has 0 N–H and O–H groups in total. The van der Waals surface area contributed by atoms with Crippen LogP contribution in [0, 0.1) is 5.82 Å². The highest BCUT2D eigenvalue weighted by Gasteiger charge is 2.09. The number of rotatable bonds is 1. The van der Waals surface area contributed by atoms with Crippen LogP contribution in [0.1, 0.15) is 12.5 Å². The van der Waals surface area contributed by atoms with Gasteiger partial charge in [0, 0.05) is 9.86 Å². The van der Waals surface area contributed by atoms with Crippen LogP contribution in [0.4, 0.5) is 4.39 Å². The summed E-state index contributed by atoms with van der Waals surface area (Å²) in [6.45, 7) is 1.99. The molecule has 0 fully saturated rings. The van der Waals surface area contributed by atoms with Gasteiger partial charge < -0.3 is 0 Å². The lowest BCUT2D eigenvalue weighted by molar-refractivity contribution is 0.636. The number of hydrogen-bond donors (Lipinski definition) is 0. The predicted octanol–water partition coefficient (Wildman–Crippen LogP) is 4.35. The van der Waals surface area contributed by atoms with Crippen molar-refractivity contribution in [2.45, 2.75) is 13.3 Å². The van der Waals surface area contributed by atoms with Gasteiger partial charge in [0.15, 0.2) is 0 Å². The van der Waals surface area contributed by atoms with E-state index in [1.165, 1.54) is 6.07 Å². The van der Waals surface area contributed by atoms with Crippen LogP contribution in [0.15, 0.2) is 22.7 Å². The first-order valence-corrected chi connectivity index (χ1v) is 5.73. The van der Waals surface area contributed by atoms with Crippen LogP contribution in [-0.2, 0) is 6.42 Å². The van der Waals surface area contributed by atoms with Gasteiger partial charge in [-0.05, 0) is 30.2 Å². The Bertz CT molecular complexity index is 527. The summed E-state index contributed by atoms with van der Waals surface area (Å²) in [4.78, 5) is 4.07.